The van der Waals surface area contributed by atoms with Crippen molar-refractivity contribution >= 4 is 79.2 Å². The molecule has 16 nitrogen and oxygen atoms in total. The Morgan fingerprint density at radius 2 is 0.452 bits per heavy atom. The second-order valence-electron chi connectivity index (χ2n) is 15.8. The Labute approximate surface area is 431 Å². The molecule has 73 heavy (non-hydrogen) atoms. The van der Waals surface area contributed by atoms with Gasteiger partial charge in [0.2, 0.25) is 0 Å². The van der Waals surface area contributed by atoms with Crippen molar-refractivity contribution in [1.82, 2.24) is 0 Å². The van der Waals surface area contributed by atoms with Gasteiger partial charge in [0.1, 0.15) is 23.0 Å². The van der Waals surface area contributed by atoms with E-state index in [-0.39, 0.29) is 67.5 Å². The molecule has 6 aromatic carbocycles. The van der Waals surface area contributed by atoms with Crippen LogP contribution < -0.4 is 18.9 Å². The third-order valence-corrected chi connectivity index (χ3v) is 15.5. The number of benzene rings is 6. The molecule has 0 radical (unpaired) electrons. The van der Waals surface area contributed by atoms with E-state index in [1.165, 1.54) is 126 Å². The van der Waals surface area contributed by atoms with Crippen LogP contribution in [0.3, 0.4) is 0 Å². The van der Waals surface area contributed by atoms with Gasteiger partial charge in [-0.2, -0.15) is 0 Å². The van der Waals surface area contributed by atoms with Crippen molar-refractivity contribution in [3.05, 3.63) is 175 Å². The van der Waals surface area contributed by atoms with E-state index in [2.05, 4.69) is 0 Å². The highest BCUT2D eigenvalue weighted by molar-refractivity contribution is 9.09. The summed E-state index contributed by atoms with van der Waals surface area (Å²) in [7, 11) is 8.35. The molecule has 0 bridgehead atoms. The van der Waals surface area contributed by atoms with Crippen LogP contribution in [-0.2, 0) is 18.9 Å². The first-order valence-corrected chi connectivity index (χ1v) is 25.2. The first-order valence-electron chi connectivity index (χ1n) is 21.7. The second kappa shape index (κ2) is 24.0. The van der Waals surface area contributed by atoms with E-state index < -0.39 is 47.8 Å². The van der Waals surface area contributed by atoms with Crippen LogP contribution in [0.2, 0.25) is 0 Å². The van der Waals surface area contributed by atoms with Crippen LogP contribution in [0.1, 0.15) is 116 Å². The zero-order valence-electron chi connectivity index (χ0n) is 41.0. The molecule has 0 spiro atoms. The number of ether oxygens (including phenoxy) is 8. The van der Waals surface area contributed by atoms with Gasteiger partial charge in [-0.25, -0.2) is 38.4 Å². The van der Waals surface area contributed by atoms with E-state index in [9.17, 15) is 38.4 Å². The standard InChI is InChI=1S/C54H46O16S3/c1-27-29(3)43(69-53(61)39-23-15-35(16-24-39)49(57)65-9)45(31(5)41(27)67-51(59)37-19-11-33(12-20-37)47(55)63-7)71-73-72-46-32(6)42(68-52(60)38-21-13-34(14-22-38)48(56)64-8)28(2)30(4)44(46)70-54(62)40-25-17-36(18-26-40)50(58)66-10/h11-26H,1-10H3. The lowest BCUT2D eigenvalue weighted by Gasteiger charge is -2.22. The number of esters is 8. The van der Waals surface area contributed by atoms with Gasteiger partial charge in [0, 0.05) is 11.1 Å². The Kier molecular flexibility index (Phi) is 17.9. The van der Waals surface area contributed by atoms with Gasteiger partial charge in [-0.1, -0.05) is 0 Å². The minimum atomic E-state index is -0.765. The summed E-state index contributed by atoms with van der Waals surface area (Å²) < 4.78 is 43.5. The normalized spacial score (nSPS) is 10.7. The SMILES string of the molecule is COC(=O)c1ccc(C(=O)Oc2c(C)c(C)c(OC(=O)c3ccc(C(=O)OC)cc3)c(SSSc3c(C)c(OC(=O)c4ccc(C(=O)OC)cc4)c(C)c(C)c3OC(=O)c3ccc(C(=O)OC)cc3)c2C)cc1. The number of carbonyl (C=O) groups excluding carboxylic acids is 8. The summed E-state index contributed by atoms with van der Waals surface area (Å²) in [6.07, 6.45) is 0. The summed E-state index contributed by atoms with van der Waals surface area (Å²) in [6, 6.07) is 22.8. The van der Waals surface area contributed by atoms with Crippen molar-refractivity contribution in [1.29, 1.82) is 0 Å². The molecule has 0 aliphatic rings. The topological polar surface area (TPSA) is 210 Å². The van der Waals surface area contributed by atoms with Crippen LogP contribution in [0.15, 0.2) is 107 Å². The number of hydrogen-bond donors (Lipinski definition) is 0. The fourth-order valence-corrected chi connectivity index (χ4v) is 11.4. The molecule has 0 aliphatic heterocycles. The predicted octanol–water partition coefficient (Wildman–Crippen LogP) is 11.0. The summed E-state index contributed by atoms with van der Waals surface area (Å²) in [6.45, 7) is 10.1. The lowest BCUT2D eigenvalue weighted by Crippen LogP contribution is -2.15. The molecule has 0 heterocycles. The first-order chi connectivity index (χ1) is 34.8. The maximum absolute atomic E-state index is 13.9. The largest absolute Gasteiger partial charge is 0.465 e. The van der Waals surface area contributed by atoms with Gasteiger partial charge in [-0.15, -0.1) is 0 Å². The number of methoxy groups -OCH3 is 4. The minimum Gasteiger partial charge on any atom is -0.465 e. The second-order valence-corrected chi connectivity index (χ2v) is 19.7. The van der Waals surface area contributed by atoms with Crippen molar-refractivity contribution in [2.45, 2.75) is 51.3 Å². The van der Waals surface area contributed by atoms with Gasteiger partial charge in [0.15, 0.2) is 0 Å². The van der Waals surface area contributed by atoms with E-state index in [4.69, 9.17) is 37.9 Å². The molecule has 0 aliphatic carbocycles. The van der Waals surface area contributed by atoms with Crippen LogP contribution in [0.4, 0.5) is 0 Å². The monoisotopic (exact) mass is 1050 g/mol. The van der Waals surface area contributed by atoms with Crippen LogP contribution in [-0.4, -0.2) is 76.2 Å². The maximum atomic E-state index is 13.9. The molecule has 19 heteroatoms. The van der Waals surface area contributed by atoms with Crippen molar-refractivity contribution in [3.8, 4) is 23.0 Å². The average Bonchev–Trinajstić information content (AvgIpc) is 3.42. The van der Waals surface area contributed by atoms with Crippen LogP contribution in [0, 0.1) is 41.5 Å². The predicted molar refractivity (Wildman–Crippen MR) is 272 cm³/mol. The molecule has 0 saturated carbocycles. The van der Waals surface area contributed by atoms with Gasteiger partial charge in [0.05, 0.1) is 82.7 Å². The molecular weight excluding hydrogens is 1000 g/mol. The van der Waals surface area contributed by atoms with Crippen LogP contribution in [0.25, 0.3) is 0 Å². The maximum Gasteiger partial charge on any atom is 0.343 e. The Morgan fingerprint density at radius 1 is 0.274 bits per heavy atom. The Hall–Kier alpha value is -7.87. The fraction of sp³-hybridized carbons (Fsp3) is 0.185. The van der Waals surface area contributed by atoms with E-state index >= 15 is 0 Å². The summed E-state index contributed by atoms with van der Waals surface area (Å²) in [5.74, 6) is -4.78. The summed E-state index contributed by atoms with van der Waals surface area (Å²) in [5.41, 5.74) is 3.99. The molecule has 0 saturated heterocycles. The summed E-state index contributed by atoms with van der Waals surface area (Å²) >= 11 is 0. The van der Waals surface area contributed by atoms with Gasteiger partial charge in [0.25, 0.3) is 0 Å². The zero-order chi connectivity index (χ0) is 53.3. The molecule has 0 N–H and O–H groups in total. The Balaban J connectivity index is 1.41. The van der Waals surface area contributed by atoms with Crippen molar-refractivity contribution in [3.63, 3.8) is 0 Å². The number of hydrogen-bond acceptors (Lipinski definition) is 19. The lowest BCUT2D eigenvalue weighted by atomic mass is 10.0. The highest BCUT2D eigenvalue weighted by Crippen LogP contribution is 2.56. The Bertz CT molecular complexity index is 2950. The highest BCUT2D eigenvalue weighted by atomic mass is 33.5. The molecule has 0 aromatic heterocycles. The molecular formula is C54H46O16S3. The first kappa shape index (κ1) is 54.5. The zero-order valence-corrected chi connectivity index (χ0v) is 43.4. The quantitative estimate of drug-likeness (QED) is 0.0382. The minimum absolute atomic E-state index is 0.116. The van der Waals surface area contributed by atoms with Gasteiger partial charge in [-0.05, 0) is 192 Å². The van der Waals surface area contributed by atoms with Crippen molar-refractivity contribution in [2.75, 3.05) is 28.4 Å². The van der Waals surface area contributed by atoms with Crippen molar-refractivity contribution in [2.24, 2.45) is 0 Å². The van der Waals surface area contributed by atoms with Crippen LogP contribution in [0.5, 0.6) is 23.0 Å². The summed E-state index contributed by atoms with van der Waals surface area (Å²) in [4.78, 5) is 104. The molecule has 6 rings (SSSR count). The number of carbonyl (C=O) groups is 8. The highest BCUT2D eigenvalue weighted by Gasteiger charge is 2.29. The molecule has 6 aromatic rings. The van der Waals surface area contributed by atoms with Gasteiger partial charge in [-0.3, -0.25) is 0 Å². The molecule has 0 fully saturated rings. The molecule has 0 amide bonds. The fourth-order valence-electron chi connectivity index (χ4n) is 7.02. The van der Waals surface area contributed by atoms with E-state index in [0.29, 0.717) is 43.2 Å². The van der Waals surface area contributed by atoms with E-state index in [1.807, 2.05) is 0 Å². The third kappa shape index (κ3) is 12.3. The Morgan fingerprint density at radius 3 is 0.658 bits per heavy atom. The third-order valence-electron chi connectivity index (χ3n) is 11.4. The summed E-state index contributed by atoms with van der Waals surface area (Å²) in [5, 5.41) is 0. The van der Waals surface area contributed by atoms with Gasteiger partial charge >= 0.3 is 47.8 Å². The lowest BCUT2D eigenvalue weighted by molar-refractivity contribution is 0.0591. The van der Waals surface area contributed by atoms with Crippen molar-refractivity contribution < 1.29 is 76.3 Å². The smallest absolute Gasteiger partial charge is 0.343 e. The average molecular weight is 1050 g/mol. The van der Waals surface area contributed by atoms with Crippen LogP contribution >= 0.6 is 31.4 Å². The number of rotatable bonds is 16. The van der Waals surface area contributed by atoms with E-state index in [1.54, 1.807) is 41.5 Å². The van der Waals surface area contributed by atoms with E-state index in [0.717, 1.165) is 31.4 Å². The molecule has 0 unspecified atom stereocenters. The molecule has 0 atom stereocenters. The molecule has 376 valence electrons. The van der Waals surface area contributed by atoms with Gasteiger partial charge < -0.3 is 37.9 Å².